The van der Waals surface area contributed by atoms with Gasteiger partial charge in [0.15, 0.2) is 0 Å². The number of nitrogens with zero attached hydrogens (tertiary/aromatic N) is 2. The Balaban J connectivity index is 1.73. The third-order valence-electron chi connectivity index (χ3n) is 5.05. The number of hydrogen-bond donors (Lipinski definition) is 0. The summed E-state index contributed by atoms with van der Waals surface area (Å²) in [5.74, 6) is -0.230. The van der Waals surface area contributed by atoms with Gasteiger partial charge in [-0.25, -0.2) is 4.39 Å². The van der Waals surface area contributed by atoms with E-state index in [9.17, 15) is 9.18 Å². The Morgan fingerprint density at radius 2 is 1.92 bits per heavy atom. The molecule has 2 aromatic rings. The van der Waals surface area contributed by atoms with Crippen LogP contribution in [0.25, 0.3) is 0 Å². The van der Waals surface area contributed by atoms with Gasteiger partial charge in [0.2, 0.25) is 0 Å². The van der Waals surface area contributed by atoms with Crippen LogP contribution in [0, 0.1) is 5.82 Å². The first kappa shape index (κ1) is 18.5. The summed E-state index contributed by atoms with van der Waals surface area (Å²) in [6, 6.07) is 10.5. The SMILES string of the molecule is COC(C)(C)C(=O)N1CCC[C@@H]1c1ccc(Cc2ccc(F)cc2)cn1. The lowest BCUT2D eigenvalue weighted by molar-refractivity contribution is -0.152. The van der Waals surface area contributed by atoms with E-state index in [4.69, 9.17) is 4.74 Å². The molecule has 26 heavy (non-hydrogen) atoms. The summed E-state index contributed by atoms with van der Waals surface area (Å²) in [6.45, 7) is 4.32. The molecule has 0 radical (unpaired) electrons. The monoisotopic (exact) mass is 356 g/mol. The fourth-order valence-electron chi connectivity index (χ4n) is 3.33. The van der Waals surface area contributed by atoms with E-state index in [1.807, 2.05) is 23.2 Å². The molecular weight excluding hydrogens is 331 g/mol. The van der Waals surface area contributed by atoms with Crippen molar-refractivity contribution in [2.45, 2.75) is 44.8 Å². The van der Waals surface area contributed by atoms with Gasteiger partial charge in [-0.15, -0.1) is 0 Å². The molecular formula is C21H25FN2O2. The molecule has 0 saturated carbocycles. The van der Waals surface area contributed by atoms with E-state index in [0.717, 1.165) is 36.2 Å². The van der Waals surface area contributed by atoms with E-state index in [2.05, 4.69) is 4.98 Å². The van der Waals surface area contributed by atoms with Crippen molar-refractivity contribution in [1.29, 1.82) is 0 Å². The van der Waals surface area contributed by atoms with Crippen molar-refractivity contribution in [2.75, 3.05) is 13.7 Å². The van der Waals surface area contributed by atoms with Crippen molar-refractivity contribution in [3.05, 3.63) is 65.2 Å². The van der Waals surface area contributed by atoms with Crippen LogP contribution in [0.1, 0.15) is 49.6 Å². The lowest BCUT2D eigenvalue weighted by Gasteiger charge is -2.32. The highest BCUT2D eigenvalue weighted by atomic mass is 19.1. The standard InChI is InChI=1S/C21H25FN2O2/c1-21(2,26-3)20(25)24-12-4-5-19(24)18-11-8-16(14-23-18)13-15-6-9-17(22)10-7-15/h6-11,14,19H,4-5,12-13H2,1-3H3/t19-/m1/s1. The van der Waals surface area contributed by atoms with Crippen LogP contribution >= 0.6 is 0 Å². The van der Waals surface area contributed by atoms with Gasteiger partial charge in [0.1, 0.15) is 11.4 Å². The van der Waals surface area contributed by atoms with Crippen LogP contribution in [0.2, 0.25) is 0 Å². The Morgan fingerprint density at radius 3 is 2.54 bits per heavy atom. The van der Waals surface area contributed by atoms with Gasteiger partial charge >= 0.3 is 0 Å². The molecule has 1 fully saturated rings. The number of benzene rings is 1. The van der Waals surface area contributed by atoms with Gasteiger partial charge in [-0.05, 0) is 62.4 Å². The first-order valence-corrected chi connectivity index (χ1v) is 8.96. The number of amides is 1. The number of hydrogen-bond acceptors (Lipinski definition) is 3. The number of carbonyl (C=O) groups excluding carboxylic acids is 1. The van der Waals surface area contributed by atoms with Crippen molar-refractivity contribution < 1.29 is 13.9 Å². The van der Waals surface area contributed by atoms with Gasteiger partial charge in [-0.3, -0.25) is 9.78 Å². The largest absolute Gasteiger partial charge is 0.369 e. The van der Waals surface area contributed by atoms with Gasteiger partial charge in [0.25, 0.3) is 5.91 Å². The topological polar surface area (TPSA) is 42.4 Å². The Morgan fingerprint density at radius 1 is 1.23 bits per heavy atom. The predicted molar refractivity (Wildman–Crippen MR) is 98.2 cm³/mol. The molecule has 1 aromatic heterocycles. The summed E-state index contributed by atoms with van der Waals surface area (Å²) in [5, 5.41) is 0. The molecule has 5 heteroatoms. The van der Waals surface area contributed by atoms with E-state index in [1.54, 1.807) is 33.1 Å². The Bertz CT molecular complexity index is 757. The van der Waals surface area contributed by atoms with Crippen LogP contribution in [0.3, 0.4) is 0 Å². The zero-order valence-electron chi connectivity index (χ0n) is 15.5. The predicted octanol–water partition coefficient (Wildman–Crippen LogP) is 3.90. The minimum absolute atomic E-state index is 0.000288. The van der Waals surface area contributed by atoms with Crippen molar-refractivity contribution in [1.82, 2.24) is 9.88 Å². The quantitative estimate of drug-likeness (QED) is 0.816. The molecule has 3 rings (SSSR count). The molecule has 1 aliphatic heterocycles. The van der Waals surface area contributed by atoms with E-state index in [0.29, 0.717) is 6.42 Å². The van der Waals surface area contributed by atoms with E-state index < -0.39 is 5.60 Å². The summed E-state index contributed by atoms with van der Waals surface area (Å²) in [6.07, 6.45) is 4.43. The normalized spacial score (nSPS) is 17.5. The third kappa shape index (κ3) is 3.93. The lowest BCUT2D eigenvalue weighted by Crippen LogP contribution is -2.46. The first-order valence-electron chi connectivity index (χ1n) is 8.96. The minimum atomic E-state index is -0.828. The maximum absolute atomic E-state index is 13.0. The number of ether oxygens (including phenoxy) is 1. The number of likely N-dealkylation sites (tertiary alicyclic amines) is 1. The second kappa shape index (κ2) is 7.54. The van der Waals surface area contributed by atoms with Crippen molar-refractivity contribution in [3.8, 4) is 0 Å². The molecule has 1 atom stereocenters. The van der Waals surface area contributed by atoms with Crippen LogP contribution in [-0.4, -0.2) is 35.0 Å². The van der Waals surface area contributed by atoms with Crippen LogP contribution in [0.5, 0.6) is 0 Å². The van der Waals surface area contributed by atoms with Crippen LogP contribution in [0.4, 0.5) is 4.39 Å². The molecule has 0 spiro atoms. The lowest BCUT2D eigenvalue weighted by atomic mass is 10.0. The van der Waals surface area contributed by atoms with Crippen LogP contribution < -0.4 is 0 Å². The summed E-state index contributed by atoms with van der Waals surface area (Å²) in [7, 11) is 1.56. The third-order valence-corrected chi connectivity index (χ3v) is 5.05. The number of halogens is 1. The van der Waals surface area contributed by atoms with Gasteiger partial charge in [0.05, 0.1) is 11.7 Å². The number of carbonyl (C=O) groups is 1. The van der Waals surface area contributed by atoms with Crippen molar-refractivity contribution in [2.24, 2.45) is 0 Å². The number of pyridine rings is 1. The highest BCUT2D eigenvalue weighted by Gasteiger charge is 2.38. The second-order valence-corrected chi connectivity index (χ2v) is 7.27. The van der Waals surface area contributed by atoms with Gasteiger partial charge < -0.3 is 9.64 Å². The van der Waals surface area contributed by atoms with Crippen molar-refractivity contribution >= 4 is 5.91 Å². The molecule has 1 saturated heterocycles. The maximum Gasteiger partial charge on any atom is 0.254 e. The fraction of sp³-hybridized carbons (Fsp3) is 0.429. The molecule has 0 N–H and O–H groups in total. The maximum atomic E-state index is 13.0. The van der Waals surface area contributed by atoms with Crippen molar-refractivity contribution in [3.63, 3.8) is 0 Å². The highest BCUT2D eigenvalue weighted by molar-refractivity contribution is 5.85. The van der Waals surface area contributed by atoms with Crippen LogP contribution in [0.15, 0.2) is 42.6 Å². The molecule has 1 aromatic carbocycles. The van der Waals surface area contributed by atoms with Gasteiger partial charge in [-0.2, -0.15) is 0 Å². The van der Waals surface area contributed by atoms with E-state index in [-0.39, 0.29) is 17.8 Å². The first-order chi connectivity index (χ1) is 12.4. The highest BCUT2D eigenvalue weighted by Crippen LogP contribution is 2.33. The number of aromatic nitrogens is 1. The molecule has 2 heterocycles. The molecule has 1 amide bonds. The molecule has 138 valence electrons. The zero-order chi connectivity index (χ0) is 18.7. The average molecular weight is 356 g/mol. The Hall–Kier alpha value is -2.27. The summed E-state index contributed by atoms with van der Waals surface area (Å²) in [4.78, 5) is 19.2. The zero-order valence-corrected chi connectivity index (χ0v) is 15.5. The van der Waals surface area contributed by atoms with E-state index in [1.165, 1.54) is 12.1 Å². The average Bonchev–Trinajstić information content (AvgIpc) is 3.13. The Kier molecular flexibility index (Phi) is 5.37. The molecule has 0 bridgehead atoms. The molecule has 0 aliphatic carbocycles. The number of methoxy groups -OCH3 is 1. The van der Waals surface area contributed by atoms with Gasteiger partial charge in [-0.1, -0.05) is 18.2 Å². The fourth-order valence-corrected chi connectivity index (χ4v) is 3.33. The molecule has 1 aliphatic rings. The Labute approximate surface area is 154 Å². The minimum Gasteiger partial charge on any atom is -0.369 e. The van der Waals surface area contributed by atoms with Crippen LogP contribution in [-0.2, 0) is 16.0 Å². The summed E-state index contributed by atoms with van der Waals surface area (Å²) in [5.41, 5.74) is 2.19. The summed E-state index contributed by atoms with van der Waals surface area (Å²) < 4.78 is 18.4. The second-order valence-electron chi connectivity index (χ2n) is 7.27. The summed E-state index contributed by atoms with van der Waals surface area (Å²) >= 11 is 0. The number of rotatable bonds is 5. The van der Waals surface area contributed by atoms with E-state index >= 15 is 0 Å². The molecule has 0 unspecified atom stereocenters. The molecule has 4 nitrogen and oxygen atoms in total. The van der Waals surface area contributed by atoms with Gasteiger partial charge in [0, 0.05) is 19.9 Å². The smallest absolute Gasteiger partial charge is 0.254 e.